The van der Waals surface area contributed by atoms with E-state index in [0.717, 1.165) is 17.6 Å². The Morgan fingerprint density at radius 2 is 1.36 bits per heavy atom. The SMILES string of the molecule is CC1=C[C@H](O)CC(C)(C)[C@H]1/C=C/C(C)=C/C=C/C(C)=C/C=C/C=C(C)/C=C/C=C(\C)C(=O)C[C@@]12O[C@]1(C)C[C@@H](O)CC2(C)C. The number of fused-ring (bicyclic) bond motifs is 1. The van der Waals surface area contributed by atoms with Crippen molar-refractivity contribution < 1.29 is 19.7 Å². The quantitative estimate of drug-likeness (QED) is 0.107. The third-order valence-electron chi connectivity index (χ3n) is 9.85. The number of epoxide rings is 1. The molecule has 240 valence electrons. The molecule has 0 amide bonds. The van der Waals surface area contributed by atoms with Crippen molar-refractivity contribution in [2.75, 3.05) is 0 Å². The Morgan fingerprint density at radius 1 is 0.818 bits per heavy atom. The van der Waals surface area contributed by atoms with Gasteiger partial charge in [0.2, 0.25) is 0 Å². The molecule has 0 radical (unpaired) electrons. The summed E-state index contributed by atoms with van der Waals surface area (Å²) in [6.07, 6.45) is 28.4. The predicted octanol–water partition coefficient (Wildman–Crippen LogP) is 9.02. The molecule has 4 nitrogen and oxygen atoms in total. The largest absolute Gasteiger partial charge is 0.393 e. The molecule has 3 aliphatic rings. The first-order valence-electron chi connectivity index (χ1n) is 16.1. The van der Waals surface area contributed by atoms with Crippen LogP contribution in [0.25, 0.3) is 0 Å². The number of ether oxygens (including phenoxy) is 1. The summed E-state index contributed by atoms with van der Waals surface area (Å²) < 4.78 is 6.18. The topological polar surface area (TPSA) is 70.1 Å². The normalized spacial score (nSPS) is 33.0. The number of aliphatic hydroxyl groups is 2. The number of aliphatic hydroxyl groups excluding tert-OH is 2. The molecule has 0 aromatic rings. The van der Waals surface area contributed by atoms with Crippen LogP contribution < -0.4 is 0 Å². The van der Waals surface area contributed by atoms with E-state index in [1.54, 1.807) is 0 Å². The highest BCUT2D eigenvalue weighted by Crippen LogP contribution is 2.67. The Morgan fingerprint density at radius 3 is 1.93 bits per heavy atom. The lowest BCUT2D eigenvalue weighted by atomic mass is 9.61. The molecule has 2 fully saturated rings. The maximum Gasteiger partial charge on any atom is 0.161 e. The first-order valence-corrected chi connectivity index (χ1v) is 16.1. The molecule has 1 heterocycles. The van der Waals surface area contributed by atoms with Crippen LogP contribution >= 0.6 is 0 Å². The zero-order valence-electron chi connectivity index (χ0n) is 28.8. The summed E-state index contributed by atoms with van der Waals surface area (Å²) in [4.78, 5) is 13.1. The first-order chi connectivity index (χ1) is 20.4. The van der Waals surface area contributed by atoms with Gasteiger partial charge in [0.15, 0.2) is 5.78 Å². The van der Waals surface area contributed by atoms with Gasteiger partial charge in [-0.3, -0.25) is 4.79 Å². The number of carbonyl (C=O) groups excluding carboxylic acids is 1. The molecule has 0 bridgehead atoms. The molecule has 44 heavy (non-hydrogen) atoms. The highest BCUT2D eigenvalue weighted by Gasteiger charge is 2.76. The second-order valence-electron chi connectivity index (χ2n) is 14.9. The minimum Gasteiger partial charge on any atom is -0.393 e. The van der Waals surface area contributed by atoms with Crippen molar-refractivity contribution in [3.63, 3.8) is 0 Å². The van der Waals surface area contributed by atoms with Gasteiger partial charge in [-0.25, -0.2) is 0 Å². The van der Waals surface area contributed by atoms with Crippen molar-refractivity contribution >= 4 is 5.78 Å². The molecular weight excluding hydrogens is 544 g/mol. The first kappa shape index (κ1) is 35.7. The molecule has 4 heteroatoms. The van der Waals surface area contributed by atoms with Gasteiger partial charge in [-0.2, -0.15) is 0 Å². The molecule has 1 saturated heterocycles. The van der Waals surface area contributed by atoms with E-state index in [2.05, 4.69) is 84.9 Å². The van der Waals surface area contributed by atoms with Gasteiger partial charge in [0, 0.05) is 18.8 Å². The van der Waals surface area contributed by atoms with Crippen molar-refractivity contribution in [2.45, 2.75) is 118 Å². The van der Waals surface area contributed by atoms with E-state index in [1.807, 2.05) is 63.3 Å². The number of hydrogen-bond donors (Lipinski definition) is 2. The van der Waals surface area contributed by atoms with Crippen LogP contribution in [0.1, 0.15) is 94.9 Å². The number of Topliss-reactive ketones (excluding diaryl/α,β-unsaturated/α-hetero) is 1. The molecule has 2 aliphatic carbocycles. The number of hydrogen-bond acceptors (Lipinski definition) is 4. The summed E-state index contributed by atoms with van der Waals surface area (Å²) in [5.74, 6) is 0.429. The fourth-order valence-electron chi connectivity index (χ4n) is 7.30. The van der Waals surface area contributed by atoms with Crippen LogP contribution in [0.5, 0.6) is 0 Å². The molecule has 1 saturated carbocycles. The van der Waals surface area contributed by atoms with Crippen molar-refractivity contribution in [3.05, 3.63) is 107 Å². The standard InChI is InChI=1S/C40H56O4/c1-28(17-13-18-30(3)21-22-35-32(5)23-33(41)24-37(35,6)7)15-11-12-16-29(2)19-14-20-31(4)36(43)27-40-38(8,9)25-34(42)26-39(40,10)44-40/h11-23,33-35,41-42H,24-27H2,1-10H3/b12-11+,17-13+,19-14+,22-21+,28-15+,29-16+,30-18+,31-20+/t33-,34-,35-,39+,40-/m0/s1. The Kier molecular flexibility index (Phi) is 11.4. The molecule has 2 N–H and O–H groups in total. The van der Waals surface area contributed by atoms with Crippen LogP contribution in [0.15, 0.2) is 107 Å². The lowest BCUT2D eigenvalue weighted by molar-refractivity contribution is -0.118. The average molecular weight is 601 g/mol. The van der Waals surface area contributed by atoms with Crippen LogP contribution in [-0.4, -0.2) is 39.4 Å². The van der Waals surface area contributed by atoms with Gasteiger partial charge < -0.3 is 14.9 Å². The van der Waals surface area contributed by atoms with E-state index < -0.39 is 11.2 Å². The highest BCUT2D eigenvalue weighted by atomic mass is 16.6. The van der Waals surface area contributed by atoms with E-state index in [4.69, 9.17) is 4.74 Å². The van der Waals surface area contributed by atoms with E-state index >= 15 is 0 Å². The van der Waals surface area contributed by atoms with E-state index in [0.29, 0.717) is 30.8 Å². The maximum atomic E-state index is 13.1. The third kappa shape index (κ3) is 8.68. The number of ketones is 1. The van der Waals surface area contributed by atoms with Crippen molar-refractivity contribution in [3.8, 4) is 0 Å². The Bertz CT molecular complexity index is 1360. The van der Waals surface area contributed by atoms with E-state index in [-0.39, 0.29) is 28.8 Å². The predicted molar refractivity (Wildman–Crippen MR) is 184 cm³/mol. The maximum absolute atomic E-state index is 13.1. The number of rotatable bonds is 11. The van der Waals surface area contributed by atoms with Crippen LogP contribution in [0.3, 0.4) is 0 Å². The fourth-order valence-corrected chi connectivity index (χ4v) is 7.30. The summed E-state index contributed by atoms with van der Waals surface area (Å²) in [5.41, 5.74) is 4.26. The van der Waals surface area contributed by atoms with E-state index in [9.17, 15) is 15.0 Å². The summed E-state index contributed by atoms with van der Waals surface area (Å²) in [6, 6.07) is 0. The van der Waals surface area contributed by atoms with Gasteiger partial charge in [0.1, 0.15) is 5.60 Å². The van der Waals surface area contributed by atoms with Gasteiger partial charge in [0.05, 0.1) is 17.8 Å². The van der Waals surface area contributed by atoms with Gasteiger partial charge in [0.25, 0.3) is 0 Å². The lowest BCUT2D eigenvalue weighted by Gasteiger charge is -2.40. The van der Waals surface area contributed by atoms with Crippen molar-refractivity contribution in [1.82, 2.24) is 0 Å². The van der Waals surface area contributed by atoms with Crippen molar-refractivity contribution in [1.29, 1.82) is 0 Å². The smallest absolute Gasteiger partial charge is 0.161 e. The molecule has 0 spiro atoms. The molecule has 0 aromatic carbocycles. The van der Waals surface area contributed by atoms with E-state index in [1.165, 1.54) is 11.1 Å². The second kappa shape index (κ2) is 14.1. The third-order valence-corrected chi connectivity index (χ3v) is 9.85. The van der Waals surface area contributed by atoms with Gasteiger partial charge in [-0.05, 0) is 70.8 Å². The van der Waals surface area contributed by atoms with Crippen LogP contribution in [0.2, 0.25) is 0 Å². The van der Waals surface area contributed by atoms with Gasteiger partial charge >= 0.3 is 0 Å². The Hall–Kier alpha value is -2.79. The lowest BCUT2D eigenvalue weighted by Crippen LogP contribution is -2.48. The summed E-state index contributed by atoms with van der Waals surface area (Å²) >= 11 is 0. The summed E-state index contributed by atoms with van der Waals surface area (Å²) in [5, 5.41) is 20.3. The summed E-state index contributed by atoms with van der Waals surface area (Å²) in [6.45, 7) is 20.9. The second-order valence-corrected chi connectivity index (χ2v) is 14.9. The molecule has 3 rings (SSSR count). The molecule has 5 atom stereocenters. The van der Waals surface area contributed by atoms with Crippen LogP contribution in [0.4, 0.5) is 0 Å². The number of carbonyl (C=O) groups is 1. The Balaban J connectivity index is 1.49. The monoisotopic (exact) mass is 600 g/mol. The molecule has 1 aliphatic heterocycles. The molecule has 0 aromatic heterocycles. The van der Waals surface area contributed by atoms with Gasteiger partial charge in [-0.1, -0.05) is 129 Å². The fraction of sp³-hybridized carbons (Fsp3) is 0.525. The zero-order valence-corrected chi connectivity index (χ0v) is 28.8. The number of allylic oxidation sites excluding steroid dienone is 17. The highest BCUT2D eigenvalue weighted by molar-refractivity contribution is 5.96. The van der Waals surface area contributed by atoms with Gasteiger partial charge in [-0.15, -0.1) is 0 Å². The van der Waals surface area contributed by atoms with Crippen LogP contribution in [-0.2, 0) is 9.53 Å². The minimum absolute atomic E-state index is 0.0425. The van der Waals surface area contributed by atoms with Crippen molar-refractivity contribution in [2.24, 2.45) is 16.7 Å². The summed E-state index contributed by atoms with van der Waals surface area (Å²) in [7, 11) is 0. The molecule has 0 unspecified atom stereocenters. The minimum atomic E-state index is -0.488. The molecular formula is C40H56O4. The Labute approximate surface area is 267 Å². The van der Waals surface area contributed by atoms with Crippen LogP contribution in [0, 0.1) is 16.7 Å². The average Bonchev–Trinajstić information content (AvgIpc) is 3.49. The zero-order chi connectivity index (χ0) is 32.9.